The normalized spacial score (nSPS) is 12.7. The topological polar surface area (TPSA) is 50.4 Å². The minimum Gasteiger partial charge on any atom is -0.444 e. The van der Waals surface area contributed by atoms with E-state index < -0.39 is 11.7 Å². The molecule has 1 amide bonds. The van der Waals surface area contributed by atoms with Gasteiger partial charge in [0.05, 0.1) is 5.69 Å². The molecule has 5 heteroatoms. The maximum absolute atomic E-state index is 13.8. The van der Waals surface area contributed by atoms with E-state index in [1.54, 1.807) is 26.8 Å². The third-order valence-corrected chi connectivity index (χ3v) is 2.74. The minimum absolute atomic E-state index is 0.168. The van der Waals surface area contributed by atoms with Crippen LogP contribution in [0.25, 0.3) is 0 Å². The van der Waals surface area contributed by atoms with Crippen LogP contribution in [0.1, 0.15) is 47.5 Å². The Balaban J connectivity index is 2.75. The maximum atomic E-state index is 13.8. The zero-order valence-electron chi connectivity index (χ0n) is 13.4. The van der Waals surface area contributed by atoms with E-state index in [0.29, 0.717) is 11.4 Å². The van der Waals surface area contributed by atoms with Gasteiger partial charge in [0.25, 0.3) is 0 Å². The molecule has 118 valence electrons. The van der Waals surface area contributed by atoms with Crippen molar-refractivity contribution in [2.45, 2.75) is 59.1 Å². The van der Waals surface area contributed by atoms with Crippen LogP contribution in [0.2, 0.25) is 0 Å². The molecule has 0 saturated carbocycles. The van der Waals surface area contributed by atoms with Crippen molar-refractivity contribution in [1.29, 1.82) is 0 Å². The highest BCUT2D eigenvalue weighted by molar-refractivity contribution is 5.85. The number of rotatable bonds is 5. The van der Waals surface area contributed by atoms with E-state index in [4.69, 9.17) is 4.74 Å². The lowest BCUT2D eigenvalue weighted by Gasteiger charge is -2.20. The number of hydrogen-bond donors (Lipinski definition) is 2. The van der Waals surface area contributed by atoms with Crippen molar-refractivity contribution in [2.24, 2.45) is 0 Å². The summed E-state index contributed by atoms with van der Waals surface area (Å²) in [5, 5.41) is 5.71. The van der Waals surface area contributed by atoms with Gasteiger partial charge >= 0.3 is 6.09 Å². The third kappa shape index (κ3) is 6.47. The third-order valence-electron chi connectivity index (χ3n) is 2.74. The minimum atomic E-state index is -0.569. The fourth-order valence-electron chi connectivity index (χ4n) is 1.91. The van der Waals surface area contributed by atoms with E-state index in [2.05, 4.69) is 17.6 Å². The number of nitrogens with one attached hydrogen (secondary N) is 2. The molecule has 2 N–H and O–H groups in total. The summed E-state index contributed by atoms with van der Waals surface area (Å²) in [5.74, 6) is -0.340. The molecule has 4 nitrogen and oxygen atoms in total. The van der Waals surface area contributed by atoms with Crippen molar-refractivity contribution < 1.29 is 13.9 Å². The molecule has 0 fully saturated rings. The van der Waals surface area contributed by atoms with E-state index in [0.717, 1.165) is 12.8 Å². The van der Waals surface area contributed by atoms with Crippen molar-refractivity contribution >= 4 is 17.5 Å². The lowest BCUT2D eigenvalue weighted by Crippen LogP contribution is -2.27. The number of carbonyl (C=O) groups is 1. The van der Waals surface area contributed by atoms with Gasteiger partial charge in [0, 0.05) is 11.7 Å². The first-order valence-corrected chi connectivity index (χ1v) is 7.27. The lowest BCUT2D eigenvalue weighted by molar-refractivity contribution is 0.0636. The van der Waals surface area contributed by atoms with Gasteiger partial charge in [-0.1, -0.05) is 13.3 Å². The van der Waals surface area contributed by atoms with E-state index in [1.807, 2.05) is 6.92 Å². The van der Waals surface area contributed by atoms with E-state index in [1.165, 1.54) is 12.1 Å². The lowest BCUT2D eigenvalue weighted by atomic mass is 10.1. The SMILES string of the molecule is CCCC(C)Nc1cc(NC(=O)OC(C)(C)C)ccc1F. The zero-order valence-corrected chi connectivity index (χ0v) is 13.4. The molecule has 1 atom stereocenters. The van der Waals surface area contributed by atoms with Gasteiger partial charge in [-0.05, 0) is 52.3 Å². The number of carbonyl (C=O) groups excluding carboxylic acids is 1. The largest absolute Gasteiger partial charge is 0.444 e. The maximum Gasteiger partial charge on any atom is 0.412 e. The predicted octanol–water partition coefficient (Wildman–Crippen LogP) is 4.77. The van der Waals surface area contributed by atoms with Gasteiger partial charge in [-0.2, -0.15) is 0 Å². The number of halogens is 1. The van der Waals surface area contributed by atoms with Crippen molar-refractivity contribution in [3.63, 3.8) is 0 Å². The molecule has 0 radical (unpaired) electrons. The second-order valence-corrected chi connectivity index (χ2v) is 6.16. The molecule has 1 aromatic carbocycles. The summed E-state index contributed by atoms with van der Waals surface area (Å²) in [6.45, 7) is 9.44. The number of hydrogen-bond acceptors (Lipinski definition) is 3. The molecule has 0 aliphatic carbocycles. The standard InChI is InChI=1S/C16H25FN2O2/c1-6-7-11(2)18-14-10-12(8-9-13(14)17)19-15(20)21-16(3,4)5/h8-11,18H,6-7H2,1-5H3,(H,19,20). The molecule has 1 unspecified atom stereocenters. The first kappa shape index (κ1) is 17.3. The Morgan fingerprint density at radius 3 is 2.62 bits per heavy atom. The highest BCUT2D eigenvalue weighted by Gasteiger charge is 2.16. The molecule has 1 rings (SSSR count). The van der Waals surface area contributed by atoms with Crippen molar-refractivity contribution in [1.82, 2.24) is 0 Å². The smallest absolute Gasteiger partial charge is 0.412 e. The Kier molecular flexibility index (Phi) is 6.00. The number of amides is 1. The van der Waals surface area contributed by atoms with Gasteiger partial charge < -0.3 is 10.1 Å². The molecule has 0 aliphatic rings. The number of benzene rings is 1. The second kappa shape index (κ2) is 7.29. The van der Waals surface area contributed by atoms with Crippen LogP contribution in [-0.2, 0) is 4.74 Å². The molecule has 0 aromatic heterocycles. The van der Waals surface area contributed by atoms with Crippen LogP contribution in [0, 0.1) is 5.82 Å². The van der Waals surface area contributed by atoms with Gasteiger partial charge in [-0.15, -0.1) is 0 Å². The fraction of sp³-hybridized carbons (Fsp3) is 0.562. The first-order chi connectivity index (χ1) is 9.71. The van der Waals surface area contributed by atoms with Gasteiger partial charge in [0.1, 0.15) is 11.4 Å². The summed E-state index contributed by atoms with van der Waals surface area (Å²) in [7, 11) is 0. The van der Waals surface area contributed by atoms with Crippen LogP contribution in [0.15, 0.2) is 18.2 Å². The van der Waals surface area contributed by atoms with Crippen molar-refractivity contribution in [2.75, 3.05) is 10.6 Å². The van der Waals surface area contributed by atoms with Gasteiger partial charge in [0.15, 0.2) is 0 Å². The number of anilines is 2. The Morgan fingerprint density at radius 1 is 1.38 bits per heavy atom. The van der Waals surface area contributed by atoms with E-state index >= 15 is 0 Å². The van der Waals surface area contributed by atoms with Crippen LogP contribution >= 0.6 is 0 Å². The fourth-order valence-corrected chi connectivity index (χ4v) is 1.91. The summed E-state index contributed by atoms with van der Waals surface area (Å²) < 4.78 is 18.9. The second-order valence-electron chi connectivity index (χ2n) is 6.16. The molecule has 0 aliphatic heterocycles. The van der Waals surface area contributed by atoms with Crippen LogP contribution in [0.4, 0.5) is 20.6 Å². The van der Waals surface area contributed by atoms with Crippen LogP contribution in [0.5, 0.6) is 0 Å². The molecule has 1 aromatic rings. The number of ether oxygens (including phenoxy) is 1. The Morgan fingerprint density at radius 2 is 2.05 bits per heavy atom. The zero-order chi connectivity index (χ0) is 16.0. The average Bonchev–Trinajstić information content (AvgIpc) is 2.31. The van der Waals surface area contributed by atoms with Gasteiger partial charge in [-0.25, -0.2) is 9.18 Å². The highest BCUT2D eigenvalue weighted by Crippen LogP contribution is 2.22. The molecule has 0 saturated heterocycles. The van der Waals surface area contributed by atoms with E-state index in [-0.39, 0.29) is 11.9 Å². The molecule has 0 bridgehead atoms. The summed E-state index contributed by atoms with van der Waals surface area (Å²) in [6, 6.07) is 4.58. The Hall–Kier alpha value is -1.78. The quantitative estimate of drug-likeness (QED) is 0.822. The van der Waals surface area contributed by atoms with Crippen LogP contribution in [0.3, 0.4) is 0 Å². The average molecular weight is 296 g/mol. The summed E-state index contributed by atoms with van der Waals surface area (Å²) in [6.07, 6.45) is 1.41. The molecule has 21 heavy (non-hydrogen) atoms. The van der Waals surface area contributed by atoms with Crippen LogP contribution in [-0.4, -0.2) is 17.7 Å². The summed E-state index contributed by atoms with van der Waals surface area (Å²) in [4.78, 5) is 11.7. The van der Waals surface area contributed by atoms with Gasteiger partial charge in [0.2, 0.25) is 0 Å². The molecule has 0 spiro atoms. The summed E-state index contributed by atoms with van der Waals surface area (Å²) >= 11 is 0. The van der Waals surface area contributed by atoms with E-state index in [9.17, 15) is 9.18 Å². The first-order valence-electron chi connectivity index (χ1n) is 7.27. The summed E-state index contributed by atoms with van der Waals surface area (Å²) in [5.41, 5.74) is 0.308. The monoisotopic (exact) mass is 296 g/mol. The molecular weight excluding hydrogens is 271 g/mol. The predicted molar refractivity (Wildman–Crippen MR) is 84.2 cm³/mol. The molecule has 0 heterocycles. The van der Waals surface area contributed by atoms with Gasteiger partial charge in [-0.3, -0.25) is 5.32 Å². The van der Waals surface area contributed by atoms with Crippen molar-refractivity contribution in [3.8, 4) is 0 Å². The Bertz CT molecular complexity index is 484. The highest BCUT2D eigenvalue weighted by atomic mass is 19.1. The van der Waals surface area contributed by atoms with Crippen LogP contribution < -0.4 is 10.6 Å². The van der Waals surface area contributed by atoms with Crippen molar-refractivity contribution in [3.05, 3.63) is 24.0 Å². The molecular formula is C16H25FN2O2. The Labute approximate surface area is 126 Å².